The highest BCUT2D eigenvalue weighted by molar-refractivity contribution is 7.80. The van der Waals surface area contributed by atoms with Crippen LogP contribution in [0.4, 0.5) is 15.9 Å². The van der Waals surface area contributed by atoms with E-state index in [0.29, 0.717) is 38.2 Å². The van der Waals surface area contributed by atoms with Gasteiger partial charge in [0.25, 0.3) is 0 Å². The first kappa shape index (κ1) is 19.9. The van der Waals surface area contributed by atoms with Gasteiger partial charge in [-0.25, -0.2) is 4.39 Å². The van der Waals surface area contributed by atoms with Crippen molar-refractivity contribution in [3.8, 4) is 0 Å². The number of thiocarbonyl (C=S) groups is 1. The monoisotopic (exact) mass is 442 g/mol. The topological polar surface area (TPSA) is 41.9 Å². The average molecular weight is 444 g/mol. The number of halogens is 4. The van der Waals surface area contributed by atoms with Crippen LogP contribution in [0.5, 0.6) is 0 Å². The quantitative estimate of drug-likeness (QED) is 0.475. The third kappa shape index (κ3) is 5.11. The number of nitrogens with zero attached hydrogens (tertiary/aromatic N) is 2. The Kier molecular flexibility index (Phi) is 6.22. The van der Waals surface area contributed by atoms with Crippen molar-refractivity contribution in [1.82, 2.24) is 9.78 Å². The van der Waals surface area contributed by atoms with E-state index in [0.717, 1.165) is 11.3 Å². The van der Waals surface area contributed by atoms with E-state index in [1.54, 1.807) is 28.9 Å². The fourth-order valence-electron chi connectivity index (χ4n) is 2.40. The SMILES string of the molecule is Cc1cc(NC(=S)Nc2ccc(Cl)cc2Cl)nn1Cc1ccc(F)cc1Cl. The second-order valence-electron chi connectivity index (χ2n) is 5.77. The fourth-order valence-corrected chi connectivity index (χ4v) is 3.30. The lowest BCUT2D eigenvalue weighted by atomic mass is 10.2. The molecule has 9 heteroatoms. The van der Waals surface area contributed by atoms with Gasteiger partial charge in [-0.05, 0) is 55.0 Å². The fraction of sp³-hybridized carbons (Fsp3) is 0.111. The van der Waals surface area contributed by atoms with Crippen molar-refractivity contribution in [3.05, 3.63) is 74.6 Å². The molecule has 140 valence electrons. The maximum Gasteiger partial charge on any atom is 0.176 e. The molecule has 2 N–H and O–H groups in total. The smallest absolute Gasteiger partial charge is 0.176 e. The maximum absolute atomic E-state index is 13.2. The van der Waals surface area contributed by atoms with Gasteiger partial charge in [-0.1, -0.05) is 40.9 Å². The predicted octanol–water partition coefficient (Wildman–Crippen LogP) is 6.15. The molecule has 2 aromatic carbocycles. The van der Waals surface area contributed by atoms with Crippen LogP contribution in [0.3, 0.4) is 0 Å². The summed E-state index contributed by atoms with van der Waals surface area (Å²) in [6.07, 6.45) is 0. The summed E-state index contributed by atoms with van der Waals surface area (Å²) in [5.74, 6) is 0.189. The highest BCUT2D eigenvalue weighted by Gasteiger charge is 2.10. The number of anilines is 2. The molecule has 0 saturated carbocycles. The third-order valence-electron chi connectivity index (χ3n) is 3.74. The summed E-state index contributed by atoms with van der Waals surface area (Å²) in [7, 11) is 0. The molecule has 0 atom stereocenters. The van der Waals surface area contributed by atoms with Crippen LogP contribution in [-0.2, 0) is 6.54 Å². The molecule has 0 aliphatic rings. The molecule has 3 rings (SSSR count). The van der Waals surface area contributed by atoms with Crippen molar-refractivity contribution in [2.45, 2.75) is 13.5 Å². The molecule has 0 amide bonds. The summed E-state index contributed by atoms with van der Waals surface area (Å²) in [5, 5.41) is 12.2. The number of hydrogen-bond acceptors (Lipinski definition) is 2. The number of aromatic nitrogens is 2. The van der Waals surface area contributed by atoms with Gasteiger partial charge in [0.2, 0.25) is 0 Å². The molecule has 1 aromatic heterocycles. The highest BCUT2D eigenvalue weighted by Crippen LogP contribution is 2.25. The minimum Gasteiger partial charge on any atom is -0.331 e. The van der Waals surface area contributed by atoms with E-state index in [9.17, 15) is 4.39 Å². The minimum absolute atomic E-state index is 0.337. The molecular weight excluding hydrogens is 430 g/mol. The van der Waals surface area contributed by atoms with Gasteiger partial charge in [-0.15, -0.1) is 0 Å². The van der Waals surface area contributed by atoms with Crippen molar-refractivity contribution in [2.75, 3.05) is 10.6 Å². The Balaban J connectivity index is 1.69. The van der Waals surface area contributed by atoms with Crippen molar-refractivity contribution in [3.63, 3.8) is 0 Å². The van der Waals surface area contributed by atoms with Crippen LogP contribution >= 0.6 is 47.0 Å². The first-order valence-electron chi connectivity index (χ1n) is 7.83. The van der Waals surface area contributed by atoms with E-state index < -0.39 is 0 Å². The summed E-state index contributed by atoms with van der Waals surface area (Å²) in [6, 6.07) is 11.2. The van der Waals surface area contributed by atoms with Crippen LogP contribution < -0.4 is 10.6 Å². The molecule has 0 aliphatic carbocycles. The Morgan fingerprint density at radius 1 is 1.07 bits per heavy atom. The summed E-state index contributed by atoms with van der Waals surface area (Å²) in [6.45, 7) is 2.32. The van der Waals surface area contributed by atoms with Crippen LogP contribution in [0.1, 0.15) is 11.3 Å². The van der Waals surface area contributed by atoms with Crippen LogP contribution in [-0.4, -0.2) is 14.9 Å². The van der Waals surface area contributed by atoms with Crippen molar-refractivity contribution >= 4 is 63.6 Å². The Morgan fingerprint density at radius 2 is 1.85 bits per heavy atom. The molecule has 0 spiro atoms. The third-order valence-corrected chi connectivity index (χ3v) is 4.84. The first-order valence-corrected chi connectivity index (χ1v) is 9.37. The molecule has 0 unspecified atom stereocenters. The minimum atomic E-state index is -0.374. The van der Waals surface area contributed by atoms with E-state index in [1.165, 1.54) is 12.1 Å². The Labute approximate surface area is 176 Å². The van der Waals surface area contributed by atoms with Gasteiger partial charge >= 0.3 is 0 Å². The van der Waals surface area contributed by atoms with Gasteiger partial charge in [0.15, 0.2) is 10.9 Å². The molecule has 3 aromatic rings. The van der Waals surface area contributed by atoms with E-state index in [2.05, 4.69) is 15.7 Å². The van der Waals surface area contributed by atoms with Crippen LogP contribution in [0.25, 0.3) is 0 Å². The number of benzene rings is 2. The van der Waals surface area contributed by atoms with E-state index in [4.69, 9.17) is 47.0 Å². The number of nitrogens with one attached hydrogen (secondary N) is 2. The summed E-state index contributed by atoms with van der Waals surface area (Å²) >= 11 is 23.4. The zero-order valence-corrected chi connectivity index (χ0v) is 17.1. The van der Waals surface area contributed by atoms with Crippen LogP contribution in [0.15, 0.2) is 42.5 Å². The molecule has 1 heterocycles. The van der Waals surface area contributed by atoms with Gasteiger partial charge in [0.05, 0.1) is 17.3 Å². The van der Waals surface area contributed by atoms with Gasteiger partial charge in [0, 0.05) is 21.8 Å². The Hall–Kier alpha value is -1.86. The van der Waals surface area contributed by atoms with E-state index >= 15 is 0 Å². The maximum atomic E-state index is 13.2. The van der Waals surface area contributed by atoms with Crippen molar-refractivity contribution in [1.29, 1.82) is 0 Å². The Bertz CT molecular complexity index is 1010. The predicted molar refractivity (Wildman–Crippen MR) is 114 cm³/mol. The van der Waals surface area contributed by atoms with Crippen LogP contribution in [0.2, 0.25) is 15.1 Å². The molecule has 4 nitrogen and oxygen atoms in total. The normalized spacial score (nSPS) is 10.7. The molecule has 0 bridgehead atoms. The van der Waals surface area contributed by atoms with Crippen molar-refractivity contribution < 1.29 is 4.39 Å². The lowest BCUT2D eigenvalue weighted by Crippen LogP contribution is -2.19. The largest absolute Gasteiger partial charge is 0.331 e. The van der Waals surface area contributed by atoms with E-state index in [1.807, 2.05) is 13.0 Å². The molecular formula is C18H14Cl3FN4S. The van der Waals surface area contributed by atoms with Crippen LogP contribution in [0, 0.1) is 12.7 Å². The van der Waals surface area contributed by atoms with Gasteiger partial charge < -0.3 is 10.6 Å². The van der Waals surface area contributed by atoms with Gasteiger partial charge in [0.1, 0.15) is 5.82 Å². The van der Waals surface area contributed by atoms with Gasteiger partial charge in [-0.3, -0.25) is 4.68 Å². The highest BCUT2D eigenvalue weighted by atomic mass is 35.5. The molecule has 0 aliphatic heterocycles. The summed E-state index contributed by atoms with van der Waals surface area (Å²) in [5.41, 5.74) is 2.29. The molecule has 27 heavy (non-hydrogen) atoms. The second kappa shape index (κ2) is 8.44. The second-order valence-corrected chi connectivity index (χ2v) is 7.43. The van der Waals surface area contributed by atoms with E-state index in [-0.39, 0.29) is 5.82 Å². The number of hydrogen-bond donors (Lipinski definition) is 2. The zero-order chi connectivity index (χ0) is 19.6. The number of aryl methyl sites for hydroxylation is 1. The summed E-state index contributed by atoms with van der Waals surface area (Å²) < 4.78 is 14.9. The average Bonchev–Trinajstić information content (AvgIpc) is 2.92. The molecule has 0 fully saturated rings. The first-order chi connectivity index (χ1) is 12.8. The molecule has 0 saturated heterocycles. The summed E-state index contributed by atoms with van der Waals surface area (Å²) in [4.78, 5) is 0. The number of rotatable bonds is 4. The standard InChI is InChI=1S/C18H14Cl3FN4S/c1-10-6-17(24-18(27)23-16-5-3-12(19)7-15(16)21)25-26(10)9-11-2-4-13(22)8-14(11)20/h2-8H,9H2,1H3,(H2,23,24,25,27). The zero-order valence-electron chi connectivity index (χ0n) is 14.1. The Morgan fingerprint density at radius 3 is 2.56 bits per heavy atom. The lowest BCUT2D eigenvalue weighted by Gasteiger charge is -2.10. The van der Waals surface area contributed by atoms with Crippen molar-refractivity contribution in [2.24, 2.45) is 0 Å². The molecule has 0 radical (unpaired) electrons. The van der Waals surface area contributed by atoms with Gasteiger partial charge in [-0.2, -0.15) is 5.10 Å². The lowest BCUT2D eigenvalue weighted by molar-refractivity contribution is 0.623.